The van der Waals surface area contributed by atoms with E-state index in [2.05, 4.69) is 24.3 Å². The second-order valence-corrected chi connectivity index (χ2v) is 3.31. The van der Waals surface area contributed by atoms with E-state index >= 15 is 0 Å². The molecule has 44 valence electrons. The van der Waals surface area contributed by atoms with Gasteiger partial charge in [0.1, 0.15) is 0 Å². The molecule has 0 fully saturated rings. The molecule has 1 aromatic rings. The van der Waals surface area contributed by atoms with Gasteiger partial charge in [-0.1, -0.05) is 0 Å². The Morgan fingerprint density at radius 2 is 1.50 bits per heavy atom. The summed E-state index contributed by atoms with van der Waals surface area (Å²) in [5.41, 5.74) is 0. The average molecular weight is 218 g/mol. The Kier molecular flexibility index (Phi) is 3.93. The van der Waals surface area contributed by atoms with E-state index < -0.39 is 0 Å². The van der Waals surface area contributed by atoms with Crippen molar-refractivity contribution in [1.29, 1.82) is 0 Å². The van der Waals surface area contributed by atoms with Crippen LogP contribution in [0.5, 0.6) is 0 Å². The van der Waals surface area contributed by atoms with Crippen LogP contribution in [0.4, 0.5) is 0 Å². The summed E-state index contributed by atoms with van der Waals surface area (Å²) in [6.45, 7) is 0. The Bertz CT molecular complexity index is 138. The van der Waals surface area contributed by atoms with Gasteiger partial charge in [-0.2, -0.15) is 0 Å². The number of hydrogen-bond acceptors (Lipinski definition) is 1. The normalized spacial score (nSPS) is 7.62. The predicted octanol–water partition coefficient (Wildman–Crippen LogP) is 0.107. The van der Waals surface area contributed by atoms with E-state index in [-0.39, 0.29) is 6.15 Å². The minimum absolute atomic E-state index is 0. The van der Waals surface area contributed by atoms with E-state index in [0.717, 1.165) is 0 Å². The molecular weight excluding hydrogens is 208 g/mol. The molecule has 1 aromatic carbocycles. The molecule has 0 aliphatic carbocycles. The van der Waals surface area contributed by atoms with Gasteiger partial charge in [0.05, 0.1) is 0 Å². The zero-order valence-corrected chi connectivity index (χ0v) is 7.97. The predicted molar refractivity (Wildman–Crippen MR) is 39.6 cm³/mol. The zero-order valence-electron chi connectivity index (χ0n) is 4.67. The molecule has 0 saturated heterocycles. The Balaban J connectivity index is 0.000000490. The second kappa shape index (κ2) is 3.94. The van der Waals surface area contributed by atoms with Crippen molar-refractivity contribution in [2.45, 2.75) is 0 Å². The summed E-state index contributed by atoms with van der Waals surface area (Å²) >= 11 is 1.23. The van der Waals surface area contributed by atoms with Gasteiger partial charge in [-0.25, -0.2) is 0 Å². The van der Waals surface area contributed by atoms with E-state index in [1.54, 1.807) is 0 Å². The summed E-state index contributed by atoms with van der Waals surface area (Å²) in [6, 6.07) is 10.5. The van der Waals surface area contributed by atoms with Gasteiger partial charge >= 0.3 is 56.9 Å². The molecule has 0 aliphatic heterocycles. The molecule has 2 heteroatoms. The van der Waals surface area contributed by atoms with Gasteiger partial charge in [0.25, 0.3) is 0 Å². The van der Waals surface area contributed by atoms with E-state index in [1.165, 1.54) is 26.5 Å². The summed E-state index contributed by atoms with van der Waals surface area (Å²) in [5.74, 6) is 0. The van der Waals surface area contributed by atoms with Gasteiger partial charge in [-0.05, 0) is 0 Å². The molecule has 0 heterocycles. The standard InChI is InChI=1S/C6H5.H3N.Sb.2H/c1-2-4-6-5-3-1;;;;/h1-5H;1H3;;;. The van der Waals surface area contributed by atoms with Gasteiger partial charge in [0, 0.05) is 0 Å². The van der Waals surface area contributed by atoms with Crippen LogP contribution in [-0.2, 0) is 0 Å². The first kappa shape index (κ1) is 8.00. The first-order valence-corrected chi connectivity index (χ1v) is 3.85. The van der Waals surface area contributed by atoms with Gasteiger partial charge in [0.15, 0.2) is 0 Å². The molecular formula is C6H10NSb. The molecule has 0 bridgehead atoms. The fraction of sp³-hybridized carbons (Fsp3) is 0. The van der Waals surface area contributed by atoms with Crippen LogP contribution in [0, 0.1) is 0 Å². The Morgan fingerprint density at radius 1 is 1.00 bits per heavy atom. The van der Waals surface area contributed by atoms with Crippen molar-refractivity contribution in [3.8, 4) is 0 Å². The SMILES string of the molecule is N.[SbH2][c]1ccccc1. The minimum atomic E-state index is 0. The fourth-order valence-corrected chi connectivity index (χ4v) is 1.09. The molecule has 0 saturated carbocycles. The monoisotopic (exact) mass is 217 g/mol. The molecule has 0 atom stereocenters. The summed E-state index contributed by atoms with van der Waals surface area (Å²) in [6.07, 6.45) is 0. The van der Waals surface area contributed by atoms with Gasteiger partial charge in [-0.3, -0.25) is 0 Å². The van der Waals surface area contributed by atoms with Crippen LogP contribution < -0.4 is 9.66 Å². The second-order valence-electron chi connectivity index (χ2n) is 1.41. The number of benzene rings is 1. The van der Waals surface area contributed by atoms with E-state index in [1.807, 2.05) is 6.07 Å². The van der Waals surface area contributed by atoms with Crippen LogP contribution >= 0.6 is 0 Å². The third-order valence-electron chi connectivity index (χ3n) is 0.800. The molecule has 0 aliphatic rings. The van der Waals surface area contributed by atoms with E-state index in [0.29, 0.717) is 0 Å². The van der Waals surface area contributed by atoms with E-state index in [4.69, 9.17) is 0 Å². The van der Waals surface area contributed by atoms with Crippen LogP contribution in [0.15, 0.2) is 30.3 Å². The Labute approximate surface area is 63.2 Å². The van der Waals surface area contributed by atoms with Crippen LogP contribution in [0.1, 0.15) is 0 Å². The van der Waals surface area contributed by atoms with Gasteiger partial charge < -0.3 is 6.15 Å². The van der Waals surface area contributed by atoms with Crippen molar-refractivity contribution < 1.29 is 0 Å². The maximum absolute atomic E-state index is 2.14. The Hall–Kier alpha value is -0.00182. The molecule has 0 amide bonds. The topological polar surface area (TPSA) is 35.0 Å². The molecule has 0 aromatic heterocycles. The van der Waals surface area contributed by atoms with Gasteiger partial charge in [-0.15, -0.1) is 0 Å². The van der Waals surface area contributed by atoms with Gasteiger partial charge in [0.2, 0.25) is 0 Å². The first-order valence-electron chi connectivity index (χ1n) is 2.20. The number of hydrogen-bond donors (Lipinski definition) is 1. The Morgan fingerprint density at radius 3 is 1.75 bits per heavy atom. The van der Waals surface area contributed by atoms with Crippen LogP contribution in [0.3, 0.4) is 0 Å². The van der Waals surface area contributed by atoms with Crippen molar-refractivity contribution in [3.63, 3.8) is 0 Å². The van der Waals surface area contributed by atoms with Crippen LogP contribution in [0.25, 0.3) is 0 Å². The molecule has 0 unspecified atom stereocenters. The molecule has 0 radical (unpaired) electrons. The van der Waals surface area contributed by atoms with Crippen molar-refractivity contribution in [2.75, 3.05) is 0 Å². The van der Waals surface area contributed by atoms with Crippen molar-refractivity contribution in [2.24, 2.45) is 0 Å². The summed E-state index contributed by atoms with van der Waals surface area (Å²) in [4.78, 5) is 0. The third kappa shape index (κ3) is 2.34. The average Bonchev–Trinajstić information content (AvgIpc) is 1.69. The van der Waals surface area contributed by atoms with Crippen molar-refractivity contribution >= 4 is 26.5 Å². The summed E-state index contributed by atoms with van der Waals surface area (Å²) in [5, 5.41) is 0. The zero-order chi connectivity index (χ0) is 5.11. The summed E-state index contributed by atoms with van der Waals surface area (Å²) < 4.78 is 1.45. The fourth-order valence-electron chi connectivity index (χ4n) is 0.453. The molecule has 3 N–H and O–H groups in total. The third-order valence-corrected chi connectivity index (χ3v) is 1.90. The van der Waals surface area contributed by atoms with Crippen molar-refractivity contribution in [3.05, 3.63) is 30.3 Å². The molecule has 1 nitrogen and oxygen atoms in total. The molecule has 1 rings (SSSR count). The van der Waals surface area contributed by atoms with Crippen LogP contribution in [0.2, 0.25) is 0 Å². The first-order chi connectivity index (χ1) is 3.39. The van der Waals surface area contributed by atoms with E-state index in [9.17, 15) is 0 Å². The van der Waals surface area contributed by atoms with Crippen molar-refractivity contribution in [1.82, 2.24) is 6.15 Å². The molecule has 8 heavy (non-hydrogen) atoms. The maximum atomic E-state index is 2.14. The quantitative estimate of drug-likeness (QED) is 0.616. The summed E-state index contributed by atoms with van der Waals surface area (Å²) in [7, 11) is 0. The number of rotatable bonds is 0. The molecule has 0 spiro atoms. The van der Waals surface area contributed by atoms with Crippen LogP contribution in [-0.4, -0.2) is 23.0 Å².